The second-order valence-electron chi connectivity index (χ2n) is 5.97. The van der Waals surface area contributed by atoms with Gasteiger partial charge < -0.3 is 28.4 Å². The van der Waals surface area contributed by atoms with E-state index in [1.165, 1.54) is 55.1 Å². The predicted octanol–water partition coefficient (Wildman–Crippen LogP) is 2.41. The van der Waals surface area contributed by atoms with Crippen LogP contribution in [0.25, 0.3) is 0 Å². The molecule has 2 aromatic rings. The molecular weight excluding hydrogens is 420 g/mol. The minimum atomic E-state index is -0.656. The second kappa shape index (κ2) is 11.9. The van der Waals surface area contributed by atoms with Gasteiger partial charge in [0, 0.05) is 23.3 Å². The van der Waals surface area contributed by atoms with Gasteiger partial charge in [0.15, 0.2) is 23.0 Å². The monoisotopic (exact) mass is 446 g/mol. The number of amides is 2. The topological polar surface area (TPSA) is 121 Å². The van der Waals surface area contributed by atoms with Gasteiger partial charge in [0.1, 0.15) is 11.5 Å². The number of urea groups is 1. The van der Waals surface area contributed by atoms with Crippen LogP contribution in [-0.2, 0) is 0 Å². The molecule has 32 heavy (non-hydrogen) atoms. The molecule has 0 bridgehead atoms. The quantitative estimate of drug-likeness (QED) is 0.425. The minimum Gasteiger partial charge on any atom is -0.496 e. The highest BCUT2D eigenvalue weighted by molar-refractivity contribution is 5.88. The Morgan fingerprint density at radius 3 is 1.22 bits per heavy atom. The summed E-state index contributed by atoms with van der Waals surface area (Å²) in [5.41, 5.74) is 5.76. The van der Waals surface area contributed by atoms with E-state index < -0.39 is 6.03 Å². The molecule has 0 radical (unpaired) electrons. The molecule has 0 unspecified atom stereocenters. The van der Waals surface area contributed by atoms with Crippen molar-refractivity contribution >= 4 is 18.5 Å². The van der Waals surface area contributed by atoms with Crippen molar-refractivity contribution in [2.75, 3.05) is 42.7 Å². The smallest absolute Gasteiger partial charge is 0.355 e. The van der Waals surface area contributed by atoms with Gasteiger partial charge in [0.25, 0.3) is 0 Å². The molecule has 0 heterocycles. The Balaban J connectivity index is 2.05. The Labute approximate surface area is 185 Å². The predicted molar refractivity (Wildman–Crippen MR) is 119 cm³/mol. The summed E-state index contributed by atoms with van der Waals surface area (Å²) in [7, 11) is 9.10. The first-order chi connectivity index (χ1) is 15.5. The van der Waals surface area contributed by atoms with Crippen LogP contribution in [0.3, 0.4) is 0 Å². The zero-order valence-electron chi connectivity index (χ0n) is 18.7. The number of hydrogen-bond donors (Lipinski definition) is 2. The van der Waals surface area contributed by atoms with Gasteiger partial charge in [-0.1, -0.05) is 0 Å². The molecule has 2 amide bonds. The summed E-state index contributed by atoms with van der Waals surface area (Å²) in [6.45, 7) is 0. The van der Waals surface area contributed by atoms with E-state index in [9.17, 15) is 4.79 Å². The second-order valence-corrected chi connectivity index (χ2v) is 5.97. The number of hydrogen-bond acceptors (Lipinski definition) is 9. The molecule has 2 N–H and O–H groups in total. The van der Waals surface area contributed by atoms with Crippen LogP contribution in [0.1, 0.15) is 11.1 Å². The van der Waals surface area contributed by atoms with Crippen molar-refractivity contribution < 1.29 is 33.2 Å². The molecule has 0 atom stereocenters. The molecule has 0 aliphatic heterocycles. The molecule has 0 aromatic heterocycles. The number of methoxy groups -OCH3 is 6. The van der Waals surface area contributed by atoms with E-state index >= 15 is 0 Å². The number of benzene rings is 2. The first kappa shape index (κ1) is 24.1. The normalized spacial score (nSPS) is 10.7. The molecule has 0 saturated heterocycles. The van der Waals surface area contributed by atoms with E-state index in [0.29, 0.717) is 45.6 Å². The van der Waals surface area contributed by atoms with Gasteiger partial charge in [-0.3, -0.25) is 0 Å². The first-order valence-electron chi connectivity index (χ1n) is 9.23. The molecule has 0 aliphatic rings. The lowest BCUT2D eigenvalue weighted by Gasteiger charge is -2.12. The highest BCUT2D eigenvalue weighted by Gasteiger charge is 2.11. The van der Waals surface area contributed by atoms with Crippen LogP contribution in [0.4, 0.5) is 4.79 Å². The summed E-state index contributed by atoms with van der Waals surface area (Å²) < 4.78 is 31.6. The number of nitrogens with one attached hydrogen (secondary N) is 2. The van der Waals surface area contributed by atoms with Crippen molar-refractivity contribution in [3.05, 3.63) is 35.4 Å². The Hall–Kier alpha value is -4.15. The molecular formula is C21H26N4O7. The fraction of sp³-hybridized carbons (Fsp3) is 0.286. The molecule has 0 fully saturated rings. The average Bonchev–Trinajstić information content (AvgIpc) is 2.83. The molecule has 11 nitrogen and oxygen atoms in total. The molecule has 0 aliphatic carbocycles. The molecule has 2 rings (SSSR count). The van der Waals surface area contributed by atoms with Crippen LogP contribution in [0.5, 0.6) is 34.5 Å². The van der Waals surface area contributed by atoms with Gasteiger partial charge >= 0.3 is 6.03 Å². The van der Waals surface area contributed by atoms with Gasteiger partial charge in [-0.05, 0) is 12.1 Å². The van der Waals surface area contributed by atoms with Crippen molar-refractivity contribution in [1.82, 2.24) is 10.9 Å². The third-order valence-corrected chi connectivity index (χ3v) is 4.21. The maximum atomic E-state index is 12.0. The lowest BCUT2D eigenvalue weighted by Crippen LogP contribution is -2.28. The largest absolute Gasteiger partial charge is 0.496 e. The Bertz CT molecular complexity index is 915. The first-order valence-corrected chi connectivity index (χ1v) is 9.23. The van der Waals surface area contributed by atoms with Gasteiger partial charge in [-0.2, -0.15) is 10.2 Å². The van der Waals surface area contributed by atoms with E-state index in [-0.39, 0.29) is 0 Å². The van der Waals surface area contributed by atoms with E-state index in [1.807, 2.05) is 0 Å². The number of carbonyl (C=O) groups excluding carboxylic acids is 1. The number of carbonyl (C=O) groups is 1. The lowest BCUT2D eigenvalue weighted by atomic mass is 10.2. The Morgan fingerprint density at radius 1 is 0.594 bits per heavy atom. The zero-order valence-corrected chi connectivity index (χ0v) is 18.7. The average molecular weight is 446 g/mol. The number of nitrogens with zero attached hydrogens (tertiary/aromatic N) is 2. The number of ether oxygens (including phenoxy) is 6. The van der Waals surface area contributed by atoms with Crippen LogP contribution < -0.4 is 39.3 Å². The van der Waals surface area contributed by atoms with Crippen LogP contribution >= 0.6 is 0 Å². The fourth-order valence-electron chi connectivity index (χ4n) is 2.65. The van der Waals surface area contributed by atoms with Crippen LogP contribution in [0, 0.1) is 0 Å². The fourth-order valence-corrected chi connectivity index (χ4v) is 2.65. The highest BCUT2D eigenvalue weighted by Crippen LogP contribution is 2.34. The Morgan fingerprint density at radius 2 is 0.906 bits per heavy atom. The standard InChI is InChI=1S/C21H26N4O7/c1-27-15-9-19(31-5)17(29-3)7-13(15)11-22-24-21(26)25-23-12-14-8-18(30-4)20(32-6)10-16(14)28-2/h7-12H,1-6H3,(H2,24,25,26). The van der Waals surface area contributed by atoms with Crippen LogP contribution in [0.2, 0.25) is 0 Å². The highest BCUT2D eigenvalue weighted by atomic mass is 16.5. The van der Waals surface area contributed by atoms with Crippen molar-refractivity contribution in [3.63, 3.8) is 0 Å². The van der Waals surface area contributed by atoms with E-state index in [4.69, 9.17) is 28.4 Å². The third-order valence-electron chi connectivity index (χ3n) is 4.21. The maximum absolute atomic E-state index is 12.0. The molecule has 0 spiro atoms. The molecule has 11 heteroatoms. The summed E-state index contributed by atoms with van der Waals surface area (Å²) in [5, 5.41) is 7.78. The molecule has 2 aromatic carbocycles. The lowest BCUT2D eigenvalue weighted by molar-refractivity contribution is 0.242. The number of hydrazone groups is 2. The van der Waals surface area contributed by atoms with Gasteiger partial charge in [0.2, 0.25) is 0 Å². The van der Waals surface area contributed by atoms with Crippen molar-refractivity contribution in [1.29, 1.82) is 0 Å². The Kier molecular flexibility index (Phi) is 8.96. The molecule has 0 saturated carbocycles. The number of rotatable bonds is 10. The van der Waals surface area contributed by atoms with E-state index in [2.05, 4.69) is 21.1 Å². The zero-order chi connectivity index (χ0) is 23.5. The summed E-state index contributed by atoms with van der Waals surface area (Å²) in [5.74, 6) is 2.99. The summed E-state index contributed by atoms with van der Waals surface area (Å²) >= 11 is 0. The van der Waals surface area contributed by atoms with Crippen molar-refractivity contribution in [2.24, 2.45) is 10.2 Å². The summed E-state index contributed by atoms with van der Waals surface area (Å²) in [6.07, 6.45) is 2.81. The van der Waals surface area contributed by atoms with Crippen LogP contribution in [0.15, 0.2) is 34.5 Å². The van der Waals surface area contributed by atoms with Crippen molar-refractivity contribution in [2.45, 2.75) is 0 Å². The van der Waals surface area contributed by atoms with E-state index in [0.717, 1.165) is 0 Å². The minimum absolute atomic E-state index is 0.493. The van der Waals surface area contributed by atoms with Gasteiger partial charge in [-0.15, -0.1) is 0 Å². The van der Waals surface area contributed by atoms with E-state index in [1.54, 1.807) is 24.3 Å². The SMILES string of the molecule is COc1cc(OC)c(OC)cc1C=NNC(=O)NN=Cc1cc(OC)c(OC)cc1OC. The van der Waals surface area contributed by atoms with Crippen LogP contribution in [-0.4, -0.2) is 61.1 Å². The van der Waals surface area contributed by atoms with Gasteiger partial charge in [-0.25, -0.2) is 15.6 Å². The van der Waals surface area contributed by atoms with Crippen molar-refractivity contribution in [3.8, 4) is 34.5 Å². The maximum Gasteiger partial charge on any atom is 0.355 e. The third kappa shape index (κ3) is 5.94. The van der Waals surface area contributed by atoms with Gasteiger partial charge in [0.05, 0.1) is 55.1 Å². The summed E-state index contributed by atoms with van der Waals surface area (Å²) in [4.78, 5) is 12.0. The molecule has 172 valence electrons. The summed E-state index contributed by atoms with van der Waals surface area (Å²) in [6, 6.07) is 5.99.